The highest BCUT2D eigenvalue weighted by atomic mass is 16.6. The summed E-state index contributed by atoms with van der Waals surface area (Å²) in [6.45, 7) is 15.0. The minimum absolute atomic E-state index is 0.190. The highest BCUT2D eigenvalue weighted by Gasteiger charge is 2.34. The molecule has 40 heavy (non-hydrogen) atoms. The number of hydrogen-bond donors (Lipinski definition) is 1. The minimum atomic E-state index is -0.456. The van der Waals surface area contributed by atoms with Crippen molar-refractivity contribution in [2.24, 2.45) is 0 Å². The third-order valence-electron chi connectivity index (χ3n) is 8.47. The van der Waals surface area contributed by atoms with Crippen LogP contribution in [0.4, 0.5) is 22.1 Å². The van der Waals surface area contributed by atoms with Gasteiger partial charge < -0.3 is 29.3 Å². The van der Waals surface area contributed by atoms with Gasteiger partial charge in [0, 0.05) is 38.8 Å². The summed E-state index contributed by atoms with van der Waals surface area (Å²) in [5.74, 6) is 3.10. The molecule has 1 atom stereocenters. The molecule has 6 rings (SSSR count). The number of rotatable bonds is 3. The molecule has 4 aliphatic rings. The number of nitrogens with one attached hydrogen (secondary N) is 1. The SMILES string of the molecule is Cc1cc([C@@H]2CCN(C3CCN(C(=O)OC(C)(C)C)CC3)C2)cc2c1OCc1c(ncnc1N1CCOCC1)N2. The van der Waals surface area contributed by atoms with Gasteiger partial charge in [-0.2, -0.15) is 0 Å². The number of likely N-dealkylation sites (tertiary alicyclic amines) is 2. The Hall–Kier alpha value is -3.11. The van der Waals surface area contributed by atoms with Crippen molar-refractivity contribution < 1.29 is 19.0 Å². The molecule has 1 aromatic carbocycles. The molecular formula is C30H42N6O4. The predicted molar refractivity (Wildman–Crippen MR) is 154 cm³/mol. The zero-order chi connectivity index (χ0) is 27.9. The normalized spacial score (nSPS) is 22.1. The molecule has 0 spiro atoms. The number of benzene rings is 1. The van der Waals surface area contributed by atoms with Gasteiger partial charge >= 0.3 is 6.09 Å². The lowest BCUT2D eigenvalue weighted by Crippen LogP contribution is -2.47. The summed E-state index contributed by atoms with van der Waals surface area (Å²) in [5.41, 5.74) is 3.99. The summed E-state index contributed by atoms with van der Waals surface area (Å²) in [6, 6.07) is 5.06. The van der Waals surface area contributed by atoms with Crippen LogP contribution in [-0.4, -0.2) is 90.0 Å². The van der Waals surface area contributed by atoms with Gasteiger partial charge in [0.2, 0.25) is 0 Å². The number of morpholine rings is 1. The van der Waals surface area contributed by atoms with Crippen LogP contribution in [0.3, 0.4) is 0 Å². The maximum absolute atomic E-state index is 12.5. The van der Waals surface area contributed by atoms with Gasteiger partial charge in [-0.05, 0) is 76.6 Å². The summed E-state index contributed by atoms with van der Waals surface area (Å²) in [5, 5.41) is 3.60. The number of ether oxygens (including phenoxy) is 3. The molecule has 1 aromatic heterocycles. The third-order valence-corrected chi connectivity index (χ3v) is 8.47. The molecular weight excluding hydrogens is 508 g/mol. The van der Waals surface area contributed by atoms with Gasteiger partial charge in [-0.3, -0.25) is 4.90 Å². The van der Waals surface area contributed by atoms with Crippen molar-refractivity contribution in [1.29, 1.82) is 0 Å². The number of hydrogen-bond acceptors (Lipinski definition) is 9. The molecule has 216 valence electrons. The summed E-state index contributed by atoms with van der Waals surface area (Å²) in [7, 11) is 0. The van der Waals surface area contributed by atoms with E-state index in [1.54, 1.807) is 6.33 Å². The number of fused-ring (bicyclic) bond motifs is 2. The summed E-state index contributed by atoms with van der Waals surface area (Å²) < 4.78 is 17.5. The van der Waals surface area contributed by atoms with Gasteiger partial charge in [0.15, 0.2) is 0 Å². The van der Waals surface area contributed by atoms with Crippen molar-refractivity contribution in [2.75, 3.05) is 62.7 Å². The van der Waals surface area contributed by atoms with Gasteiger partial charge in [-0.1, -0.05) is 6.07 Å². The van der Waals surface area contributed by atoms with Crippen molar-refractivity contribution in [3.8, 4) is 5.75 Å². The molecule has 10 heteroatoms. The van der Waals surface area contributed by atoms with E-state index in [0.717, 1.165) is 92.7 Å². The maximum Gasteiger partial charge on any atom is 0.410 e. The van der Waals surface area contributed by atoms with Gasteiger partial charge in [-0.15, -0.1) is 0 Å². The van der Waals surface area contributed by atoms with Crippen LogP contribution < -0.4 is 15.0 Å². The third kappa shape index (κ3) is 5.69. The van der Waals surface area contributed by atoms with E-state index in [9.17, 15) is 4.79 Å². The molecule has 10 nitrogen and oxygen atoms in total. The molecule has 1 N–H and O–H groups in total. The van der Waals surface area contributed by atoms with E-state index in [1.165, 1.54) is 5.56 Å². The van der Waals surface area contributed by atoms with E-state index in [4.69, 9.17) is 14.2 Å². The van der Waals surface area contributed by atoms with Crippen LogP contribution in [-0.2, 0) is 16.1 Å². The van der Waals surface area contributed by atoms with Crippen LogP contribution in [0.1, 0.15) is 62.6 Å². The number of piperidine rings is 1. The van der Waals surface area contributed by atoms with Crippen LogP contribution in [0.15, 0.2) is 18.5 Å². The Bertz CT molecular complexity index is 1230. The second-order valence-electron chi connectivity index (χ2n) is 12.4. The molecule has 0 radical (unpaired) electrons. The molecule has 0 aliphatic carbocycles. The molecule has 0 bridgehead atoms. The number of aryl methyl sites for hydroxylation is 1. The maximum atomic E-state index is 12.5. The van der Waals surface area contributed by atoms with Crippen LogP contribution in [0.25, 0.3) is 0 Å². The summed E-state index contributed by atoms with van der Waals surface area (Å²) in [6.07, 6.45) is 4.57. The van der Waals surface area contributed by atoms with E-state index in [-0.39, 0.29) is 6.09 Å². The van der Waals surface area contributed by atoms with Crippen molar-refractivity contribution in [3.05, 3.63) is 35.2 Å². The van der Waals surface area contributed by atoms with Crippen molar-refractivity contribution in [2.45, 2.75) is 71.1 Å². The van der Waals surface area contributed by atoms with Crippen LogP contribution in [0.2, 0.25) is 0 Å². The molecule has 0 saturated carbocycles. The van der Waals surface area contributed by atoms with E-state index in [2.05, 4.69) is 44.1 Å². The second-order valence-corrected chi connectivity index (χ2v) is 12.4. The van der Waals surface area contributed by atoms with E-state index in [1.807, 2.05) is 25.7 Å². The molecule has 0 unspecified atom stereocenters. The highest BCUT2D eigenvalue weighted by Crippen LogP contribution is 2.41. The van der Waals surface area contributed by atoms with Crippen molar-refractivity contribution in [1.82, 2.24) is 19.8 Å². The number of amides is 1. The number of aromatic nitrogens is 2. The number of anilines is 3. The number of carbonyl (C=O) groups excluding carboxylic acids is 1. The Morgan fingerprint density at radius 2 is 1.82 bits per heavy atom. The molecule has 5 heterocycles. The predicted octanol–water partition coefficient (Wildman–Crippen LogP) is 4.45. The Kier molecular flexibility index (Phi) is 7.48. The monoisotopic (exact) mass is 550 g/mol. The topological polar surface area (TPSA) is 92.3 Å². The zero-order valence-electron chi connectivity index (χ0n) is 24.2. The fraction of sp³-hybridized carbons (Fsp3) is 0.633. The van der Waals surface area contributed by atoms with Crippen molar-refractivity contribution in [3.63, 3.8) is 0 Å². The van der Waals surface area contributed by atoms with Crippen LogP contribution in [0.5, 0.6) is 5.75 Å². The average Bonchev–Trinajstić information content (AvgIpc) is 3.35. The molecule has 1 amide bonds. The van der Waals surface area contributed by atoms with Gasteiger partial charge in [0.25, 0.3) is 0 Å². The number of carbonyl (C=O) groups is 1. The largest absolute Gasteiger partial charge is 0.486 e. The fourth-order valence-electron chi connectivity index (χ4n) is 6.42. The van der Waals surface area contributed by atoms with E-state index < -0.39 is 5.60 Å². The Morgan fingerprint density at radius 3 is 2.58 bits per heavy atom. The van der Waals surface area contributed by atoms with Gasteiger partial charge in [0.05, 0.1) is 24.5 Å². The second kappa shape index (κ2) is 11.0. The zero-order valence-corrected chi connectivity index (χ0v) is 24.2. The first-order valence-corrected chi connectivity index (χ1v) is 14.7. The fourth-order valence-corrected chi connectivity index (χ4v) is 6.42. The molecule has 4 aliphatic heterocycles. The van der Waals surface area contributed by atoms with Gasteiger partial charge in [-0.25, -0.2) is 14.8 Å². The van der Waals surface area contributed by atoms with E-state index >= 15 is 0 Å². The number of nitrogens with zero attached hydrogens (tertiary/aromatic N) is 5. The van der Waals surface area contributed by atoms with E-state index in [0.29, 0.717) is 31.8 Å². The first-order chi connectivity index (χ1) is 19.2. The minimum Gasteiger partial charge on any atom is -0.486 e. The first-order valence-electron chi connectivity index (χ1n) is 14.7. The van der Waals surface area contributed by atoms with Crippen molar-refractivity contribution >= 4 is 23.4 Å². The lowest BCUT2D eigenvalue weighted by Gasteiger charge is -2.37. The van der Waals surface area contributed by atoms with Crippen LogP contribution >= 0.6 is 0 Å². The molecule has 3 saturated heterocycles. The summed E-state index contributed by atoms with van der Waals surface area (Å²) >= 11 is 0. The Balaban J connectivity index is 1.13. The van der Waals surface area contributed by atoms with Crippen LogP contribution in [0, 0.1) is 6.92 Å². The highest BCUT2D eigenvalue weighted by molar-refractivity contribution is 5.73. The molecule has 3 fully saturated rings. The smallest absolute Gasteiger partial charge is 0.410 e. The quantitative estimate of drug-likeness (QED) is 0.595. The average molecular weight is 551 g/mol. The Morgan fingerprint density at radius 1 is 1.05 bits per heavy atom. The summed E-state index contributed by atoms with van der Waals surface area (Å²) in [4.78, 5) is 28.4. The van der Waals surface area contributed by atoms with Gasteiger partial charge in [0.1, 0.15) is 35.9 Å². The lowest BCUT2D eigenvalue weighted by molar-refractivity contribution is 0.0155. The first kappa shape index (κ1) is 27.1. The molecule has 2 aromatic rings. The lowest BCUT2D eigenvalue weighted by atomic mass is 9.95. The Labute approximate surface area is 237 Å². The standard InChI is InChI=1S/C30H42N6O4/c1-20-15-22(21-5-8-36(17-21)23-6-9-35(10-7-23)29(37)40-30(2,3)4)16-25-26(20)39-18-24-27(33-25)31-19-32-28(24)34-11-13-38-14-12-34/h15-16,19,21,23H,5-14,17-18H2,1-4H3,(H,31,32,33)/t21-/m1/s1.